The maximum Gasteiger partial charge on any atom is 0.255 e. The molecule has 4 rings (SSSR count). The number of nitrogens with one attached hydrogen (secondary N) is 1. The Morgan fingerprint density at radius 2 is 1.91 bits per heavy atom. The lowest BCUT2D eigenvalue weighted by molar-refractivity contribution is -0.137. The highest BCUT2D eigenvalue weighted by Crippen LogP contribution is 2.34. The van der Waals surface area contributed by atoms with Crippen LogP contribution in [0.3, 0.4) is 0 Å². The van der Waals surface area contributed by atoms with Crippen LogP contribution in [0.5, 0.6) is 0 Å². The third-order valence-corrected chi connectivity index (χ3v) is 6.19. The number of fused-ring (bicyclic) bond motifs is 1. The topological polar surface area (TPSA) is 138 Å². The van der Waals surface area contributed by atoms with E-state index in [9.17, 15) is 19.2 Å². The lowest BCUT2D eigenvalue weighted by atomic mass is 10.0. The summed E-state index contributed by atoms with van der Waals surface area (Å²) in [5, 5.41) is 11.0. The smallest absolute Gasteiger partial charge is 0.255 e. The number of anilines is 1. The Balaban J connectivity index is 1.44. The molecule has 2 aliphatic heterocycles. The largest absolute Gasteiger partial charge is 0.367 e. The first kappa shape index (κ1) is 24.2. The van der Waals surface area contributed by atoms with Gasteiger partial charge in [-0.15, -0.1) is 0 Å². The van der Waals surface area contributed by atoms with Gasteiger partial charge >= 0.3 is 0 Å². The Hall–Kier alpha value is -3.92. The number of benzene rings is 2. The van der Waals surface area contributed by atoms with Gasteiger partial charge in [0.15, 0.2) is 5.78 Å². The molecule has 1 unspecified atom stereocenters. The monoisotopic (exact) mass is 476 g/mol. The SMILES string of the molecule is CN(CC(=O)CCCN)c1ccc(N=Nc2cccc3c2CN(C2CCC(=O)NC2=O)C3=O)cc1. The number of amides is 3. The van der Waals surface area contributed by atoms with Crippen LogP contribution < -0.4 is 16.0 Å². The number of imide groups is 1. The van der Waals surface area contributed by atoms with E-state index in [1.54, 1.807) is 18.2 Å². The van der Waals surface area contributed by atoms with E-state index in [4.69, 9.17) is 5.73 Å². The minimum absolute atomic E-state index is 0.139. The average molecular weight is 477 g/mol. The fraction of sp³-hybridized carbons (Fsp3) is 0.360. The van der Waals surface area contributed by atoms with Crippen LogP contribution in [-0.2, 0) is 20.9 Å². The first-order chi connectivity index (χ1) is 16.9. The zero-order valence-corrected chi connectivity index (χ0v) is 19.6. The van der Waals surface area contributed by atoms with Crippen LogP contribution in [0.2, 0.25) is 0 Å². The first-order valence-electron chi connectivity index (χ1n) is 11.6. The van der Waals surface area contributed by atoms with Crippen molar-refractivity contribution in [3.8, 4) is 0 Å². The molecule has 0 spiro atoms. The first-order valence-corrected chi connectivity index (χ1v) is 11.6. The number of nitrogens with zero attached hydrogens (tertiary/aromatic N) is 4. The van der Waals surface area contributed by atoms with Crippen molar-refractivity contribution in [2.75, 3.05) is 25.0 Å². The summed E-state index contributed by atoms with van der Waals surface area (Å²) >= 11 is 0. The van der Waals surface area contributed by atoms with Crippen LogP contribution in [0.1, 0.15) is 41.6 Å². The van der Waals surface area contributed by atoms with Crippen molar-refractivity contribution in [2.45, 2.75) is 38.3 Å². The minimum atomic E-state index is -0.677. The summed E-state index contributed by atoms with van der Waals surface area (Å²) in [6, 6.07) is 11.9. The number of azo groups is 1. The number of Topliss-reactive ketones (excluding diaryl/α,β-unsaturated/α-hetero) is 1. The van der Waals surface area contributed by atoms with Gasteiger partial charge in [0.05, 0.1) is 17.9 Å². The van der Waals surface area contributed by atoms with E-state index < -0.39 is 11.9 Å². The van der Waals surface area contributed by atoms with Gasteiger partial charge in [0.2, 0.25) is 11.8 Å². The lowest BCUT2D eigenvalue weighted by Gasteiger charge is -2.29. The maximum absolute atomic E-state index is 12.9. The number of nitrogens with two attached hydrogens (primary N) is 1. The fourth-order valence-corrected chi connectivity index (χ4v) is 4.28. The molecule has 1 fully saturated rings. The number of likely N-dealkylation sites (N-methyl/N-ethyl adjacent to an activating group) is 1. The predicted octanol–water partition coefficient (Wildman–Crippen LogP) is 2.61. The molecule has 2 aromatic carbocycles. The van der Waals surface area contributed by atoms with Crippen molar-refractivity contribution in [1.82, 2.24) is 10.2 Å². The summed E-state index contributed by atoms with van der Waals surface area (Å²) in [5.74, 6) is -0.877. The van der Waals surface area contributed by atoms with Crippen LogP contribution in [0, 0.1) is 0 Å². The van der Waals surface area contributed by atoms with Crippen LogP contribution >= 0.6 is 0 Å². The molecule has 3 amide bonds. The number of rotatable bonds is 9. The zero-order valence-electron chi connectivity index (χ0n) is 19.6. The number of hydrogen-bond acceptors (Lipinski definition) is 8. The standard InChI is InChI=1S/C25H28N6O4/c1-30(14-18(32)4-3-13-26)17-9-7-16(8-10-17)28-29-21-6-2-5-19-20(21)15-31(25(19)35)22-11-12-23(33)27-24(22)34/h2,5-10,22H,3-4,11-15,26H2,1H3,(H,27,33,34). The molecule has 10 heteroatoms. The van der Waals surface area contributed by atoms with E-state index >= 15 is 0 Å². The summed E-state index contributed by atoms with van der Waals surface area (Å²) in [6.45, 7) is 1.05. The Bertz CT molecular complexity index is 1180. The second kappa shape index (κ2) is 10.6. The molecular formula is C25H28N6O4. The molecule has 0 aromatic heterocycles. The van der Waals surface area contributed by atoms with Crippen molar-refractivity contribution in [1.29, 1.82) is 0 Å². The van der Waals surface area contributed by atoms with Crippen molar-refractivity contribution < 1.29 is 19.2 Å². The molecular weight excluding hydrogens is 448 g/mol. The molecule has 2 aromatic rings. The van der Waals surface area contributed by atoms with Gasteiger partial charge in [0.25, 0.3) is 5.91 Å². The molecule has 0 bridgehead atoms. The van der Waals surface area contributed by atoms with Crippen LogP contribution in [0.25, 0.3) is 0 Å². The van der Waals surface area contributed by atoms with Gasteiger partial charge in [-0.05, 0) is 55.8 Å². The molecule has 2 aliphatic rings. The quantitative estimate of drug-likeness (QED) is 0.422. The van der Waals surface area contributed by atoms with E-state index in [1.165, 1.54) is 4.90 Å². The van der Waals surface area contributed by atoms with E-state index in [0.717, 1.165) is 5.69 Å². The Morgan fingerprint density at radius 3 is 2.63 bits per heavy atom. The molecule has 3 N–H and O–H groups in total. The van der Waals surface area contributed by atoms with Crippen molar-refractivity contribution in [3.63, 3.8) is 0 Å². The molecule has 182 valence electrons. The summed E-state index contributed by atoms with van der Waals surface area (Å²) in [7, 11) is 1.86. The summed E-state index contributed by atoms with van der Waals surface area (Å²) in [6.07, 6.45) is 1.67. The van der Waals surface area contributed by atoms with Gasteiger partial charge in [0.1, 0.15) is 6.04 Å². The van der Waals surface area contributed by atoms with E-state index in [-0.39, 0.29) is 30.6 Å². The number of ketones is 1. The van der Waals surface area contributed by atoms with Gasteiger partial charge in [-0.25, -0.2) is 0 Å². The molecule has 0 radical (unpaired) electrons. The predicted molar refractivity (Wildman–Crippen MR) is 130 cm³/mol. The van der Waals surface area contributed by atoms with Gasteiger partial charge in [-0.3, -0.25) is 24.5 Å². The van der Waals surface area contributed by atoms with Crippen molar-refractivity contribution >= 4 is 40.6 Å². The van der Waals surface area contributed by atoms with Crippen LogP contribution in [0.15, 0.2) is 52.7 Å². The van der Waals surface area contributed by atoms with Crippen LogP contribution in [-0.4, -0.2) is 54.6 Å². The highest BCUT2D eigenvalue weighted by atomic mass is 16.2. The highest BCUT2D eigenvalue weighted by Gasteiger charge is 2.39. The summed E-state index contributed by atoms with van der Waals surface area (Å²) < 4.78 is 0. The van der Waals surface area contributed by atoms with Gasteiger partial charge < -0.3 is 15.5 Å². The molecule has 10 nitrogen and oxygen atoms in total. The van der Waals surface area contributed by atoms with E-state index in [2.05, 4.69) is 15.5 Å². The van der Waals surface area contributed by atoms with Crippen molar-refractivity contribution in [2.24, 2.45) is 16.0 Å². The van der Waals surface area contributed by atoms with Gasteiger partial charge in [-0.1, -0.05) is 6.07 Å². The second-order valence-electron chi connectivity index (χ2n) is 8.71. The number of hydrogen-bond donors (Lipinski definition) is 2. The van der Waals surface area contributed by atoms with E-state index in [0.29, 0.717) is 54.9 Å². The Kier molecular flexibility index (Phi) is 7.31. The molecule has 0 aliphatic carbocycles. The number of piperidine rings is 1. The van der Waals surface area contributed by atoms with Crippen LogP contribution in [0.4, 0.5) is 17.1 Å². The number of carbonyl (C=O) groups is 4. The molecule has 0 saturated carbocycles. The van der Waals surface area contributed by atoms with Crippen molar-refractivity contribution in [3.05, 3.63) is 53.6 Å². The zero-order chi connectivity index (χ0) is 24.9. The normalized spacial score (nSPS) is 17.6. The molecule has 1 saturated heterocycles. The van der Waals surface area contributed by atoms with E-state index in [1.807, 2.05) is 36.2 Å². The molecule has 1 atom stereocenters. The van der Waals surface area contributed by atoms with Gasteiger partial charge in [0, 0.05) is 43.2 Å². The third kappa shape index (κ3) is 5.43. The minimum Gasteiger partial charge on any atom is -0.367 e. The third-order valence-electron chi connectivity index (χ3n) is 6.19. The average Bonchev–Trinajstić information content (AvgIpc) is 3.18. The highest BCUT2D eigenvalue weighted by molar-refractivity contribution is 6.06. The summed E-state index contributed by atoms with van der Waals surface area (Å²) in [5.41, 5.74) is 8.72. The van der Waals surface area contributed by atoms with Gasteiger partial charge in [-0.2, -0.15) is 10.2 Å². The second-order valence-corrected chi connectivity index (χ2v) is 8.71. The maximum atomic E-state index is 12.9. The lowest BCUT2D eigenvalue weighted by Crippen LogP contribution is -2.52. The Morgan fingerprint density at radius 1 is 1.14 bits per heavy atom. The fourth-order valence-electron chi connectivity index (χ4n) is 4.28. The molecule has 35 heavy (non-hydrogen) atoms. The Labute approximate surface area is 203 Å². The summed E-state index contributed by atoms with van der Waals surface area (Å²) in [4.78, 5) is 52.0. The molecule has 2 heterocycles. The number of carbonyl (C=O) groups excluding carboxylic acids is 4.